The summed E-state index contributed by atoms with van der Waals surface area (Å²) < 4.78 is 5.41. The summed E-state index contributed by atoms with van der Waals surface area (Å²) in [4.78, 5) is 12.4. The first-order valence-electron chi connectivity index (χ1n) is 8.60. The van der Waals surface area contributed by atoms with Gasteiger partial charge < -0.3 is 15.2 Å². The SMILES string of the molecule is CC(C)(C)OC(=O)NC(c1ccccc1)c1ccc2ccccc2c1O. The lowest BCUT2D eigenvalue weighted by molar-refractivity contribution is 0.0512. The first-order chi connectivity index (χ1) is 12.3. The number of fused-ring (bicyclic) bond motifs is 1. The average Bonchev–Trinajstić information content (AvgIpc) is 2.60. The van der Waals surface area contributed by atoms with Gasteiger partial charge in [-0.2, -0.15) is 0 Å². The molecule has 0 bridgehead atoms. The fraction of sp³-hybridized carbons (Fsp3) is 0.227. The van der Waals surface area contributed by atoms with Gasteiger partial charge in [0, 0.05) is 10.9 Å². The topological polar surface area (TPSA) is 58.6 Å². The van der Waals surface area contributed by atoms with Crippen molar-refractivity contribution < 1.29 is 14.6 Å². The fourth-order valence-electron chi connectivity index (χ4n) is 2.92. The van der Waals surface area contributed by atoms with Crippen LogP contribution in [0.2, 0.25) is 0 Å². The molecule has 0 saturated heterocycles. The van der Waals surface area contributed by atoms with Crippen molar-refractivity contribution in [1.82, 2.24) is 5.32 Å². The number of hydrogen-bond donors (Lipinski definition) is 2. The lowest BCUT2D eigenvalue weighted by Crippen LogP contribution is -2.35. The highest BCUT2D eigenvalue weighted by molar-refractivity contribution is 5.89. The maximum Gasteiger partial charge on any atom is 0.408 e. The van der Waals surface area contributed by atoms with Gasteiger partial charge in [0.15, 0.2) is 0 Å². The van der Waals surface area contributed by atoms with E-state index >= 15 is 0 Å². The summed E-state index contributed by atoms with van der Waals surface area (Å²) in [5.74, 6) is 0.160. The number of hydrogen-bond acceptors (Lipinski definition) is 3. The highest BCUT2D eigenvalue weighted by Crippen LogP contribution is 2.35. The van der Waals surface area contributed by atoms with E-state index in [4.69, 9.17) is 4.74 Å². The average molecular weight is 349 g/mol. The number of benzene rings is 3. The van der Waals surface area contributed by atoms with Gasteiger partial charge in [-0.15, -0.1) is 0 Å². The molecule has 0 spiro atoms. The van der Waals surface area contributed by atoms with Crippen molar-refractivity contribution in [3.8, 4) is 5.75 Å². The van der Waals surface area contributed by atoms with Crippen LogP contribution < -0.4 is 5.32 Å². The molecule has 0 aromatic heterocycles. The summed E-state index contributed by atoms with van der Waals surface area (Å²) in [5.41, 5.74) is 0.890. The zero-order valence-electron chi connectivity index (χ0n) is 15.2. The van der Waals surface area contributed by atoms with Gasteiger partial charge in [0.25, 0.3) is 0 Å². The largest absolute Gasteiger partial charge is 0.507 e. The highest BCUT2D eigenvalue weighted by atomic mass is 16.6. The van der Waals surface area contributed by atoms with Crippen LogP contribution in [0.25, 0.3) is 10.8 Å². The fourth-order valence-corrected chi connectivity index (χ4v) is 2.92. The summed E-state index contributed by atoms with van der Waals surface area (Å²) >= 11 is 0. The second-order valence-electron chi connectivity index (χ2n) is 7.21. The van der Waals surface area contributed by atoms with Crippen LogP contribution in [0.4, 0.5) is 4.79 Å². The van der Waals surface area contributed by atoms with Crippen LogP contribution in [0, 0.1) is 0 Å². The van der Waals surface area contributed by atoms with Crippen molar-refractivity contribution in [2.24, 2.45) is 0 Å². The van der Waals surface area contributed by atoms with E-state index in [1.54, 1.807) is 0 Å². The van der Waals surface area contributed by atoms with E-state index in [0.717, 1.165) is 16.3 Å². The third-order valence-corrected chi connectivity index (χ3v) is 4.04. The molecule has 3 aromatic rings. The maximum absolute atomic E-state index is 12.4. The summed E-state index contributed by atoms with van der Waals surface area (Å²) in [6.07, 6.45) is -0.529. The third-order valence-electron chi connectivity index (χ3n) is 4.04. The second kappa shape index (κ2) is 7.08. The Balaban J connectivity index is 2.04. The van der Waals surface area contributed by atoms with Gasteiger partial charge in [-0.3, -0.25) is 0 Å². The number of rotatable bonds is 3. The van der Waals surface area contributed by atoms with E-state index in [9.17, 15) is 9.90 Å². The Kier molecular flexibility index (Phi) is 4.85. The van der Waals surface area contributed by atoms with Crippen LogP contribution in [-0.2, 0) is 4.74 Å². The van der Waals surface area contributed by atoms with Crippen LogP contribution >= 0.6 is 0 Å². The minimum atomic E-state index is -0.600. The molecule has 0 fully saturated rings. The molecule has 1 amide bonds. The molecule has 1 atom stereocenters. The first kappa shape index (κ1) is 17.8. The number of aromatic hydroxyl groups is 1. The monoisotopic (exact) mass is 349 g/mol. The Labute approximate surface area is 153 Å². The predicted octanol–water partition coefficient (Wildman–Crippen LogP) is 5.16. The molecule has 0 aliphatic heterocycles. The van der Waals surface area contributed by atoms with E-state index in [1.165, 1.54) is 0 Å². The number of phenolic OH excluding ortho intramolecular Hbond substituents is 1. The molecule has 26 heavy (non-hydrogen) atoms. The molecule has 4 heteroatoms. The minimum Gasteiger partial charge on any atom is -0.507 e. The van der Waals surface area contributed by atoms with E-state index in [-0.39, 0.29) is 5.75 Å². The number of alkyl carbamates (subject to hydrolysis) is 1. The van der Waals surface area contributed by atoms with Crippen molar-refractivity contribution in [2.75, 3.05) is 0 Å². The lowest BCUT2D eigenvalue weighted by Gasteiger charge is -2.25. The van der Waals surface area contributed by atoms with Gasteiger partial charge in [-0.25, -0.2) is 4.79 Å². The van der Waals surface area contributed by atoms with Crippen LogP contribution in [0.3, 0.4) is 0 Å². The summed E-state index contributed by atoms with van der Waals surface area (Å²) in [6, 6.07) is 20.4. The van der Waals surface area contributed by atoms with E-state index in [2.05, 4.69) is 5.32 Å². The zero-order chi connectivity index (χ0) is 18.7. The normalized spacial score (nSPS) is 12.6. The minimum absolute atomic E-state index is 0.160. The maximum atomic E-state index is 12.4. The molecule has 4 nitrogen and oxygen atoms in total. The van der Waals surface area contributed by atoms with Gasteiger partial charge in [-0.1, -0.05) is 66.7 Å². The molecule has 134 valence electrons. The number of carbonyl (C=O) groups is 1. The molecular formula is C22H23NO3. The van der Waals surface area contributed by atoms with Crippen LogP contribution in [0.1, 0.15) is 37.9 Å². The quantitative estimate of drug-likeness (QED) is 0.687. The summed E-state index contributed by atoms with van der Waals surface area (Å²) in [6.45, 7) is 5.45. The van der Waals surface area contributed by atoms with E-state index in [1.807, 2.05) is 87.5 Å². The molecule has 0 saturated carbocycles. The molecule has 0 aliphatic carbocycles. The summed E-state index contributed by atoms with van der Waals surface area (Å²) in [5, 5.41) is 15.4. The van der Waals surface area contributed by atoms with Gasteiger partial charge in [0.1, 0.15) is 11.4 Å². The van der Waals surface area contributed by atoms with Gasteiger partial charge >= 0.3 is 6.09 Å². The van der Waals surface area contributed by atoms with Crippen LogP contribution in [0.15, 0.2) is 66.7 Å². The molecular weight excluding hydrogens is 326 g/mol. The van der Waals surface area contributed by atoms with Crippen LogP contribution in [-0.4, -0.2) is 16.8 Å². The van der Waals surface area contributed by atoms with Crippen molar-refractivity contribution in [3.05, 3.63) is 77.9 Å². The number of amides is 1. The Hall–Kier alpha value is -3.01. The van der Waals surface area contributed by atoms with Crippen molar-refractivity contribution in [3.63, 3.8) is 0 Å². The van der Waals surface area contributed by atoms with E-state index in [0.29, 0.717) is 5.56 Å². The second-order valence-corrected chi connectivity index (χ2v) is 7.21. The molecule has 0 radical (unpaired) electrons. The molecule has 2 N–H and O–H groups in total. The molecule has 3 rings (SSSR count). The van der Waals surface area contributed by atoms with Gasteiger partial charge in [-0.05, 0) is 31.7 Å². The third kappa shape index (κ3) is 3.97. The molecule has 0 aliphatic rings. The Morgan fingerprint density at radius 3 is 2.31 bits per heavy atom. The molecule has 1 unspecified atom stereocenters. The first-order valence-corrected chi connectivity index (χ1v) is 8.60. The van der Waals surface area contributed by atoms with Crippen molar-refractivity contribution in [2.45, 2.75) is 32.4 Å². The van der Waals surface area contributed by atoms with Crippen molar-refractivity contribution in [1.29, 1.82) is 0 Å². The highest BCUT2D eigenvalue weighted by Gasteiger charge is 2.24. The Morgan fingerprint density at radius 2 is 1.62 bits per heavy atom. The summed E-state index contributed by atoms with van der Waals surface area (Å²) in [7, 11) is 0. The Morgan fingerprint density at radius 1 is 0.962 bits per heavy atom. The number of carbonyl (C=O) groups excluding carboxylic acids is 1. The van der Waals surface area contributed by atoms with Crippen LogP contribution in [0.5, 0.6) is 5.75 Å². The van der Waals surface area contributed by atoms with Gasteiger partial charge in [0.2, 0.25) is 0 Å². The number of ether oxygens (including phenoxy) is 1. The standard InChI is InChI=1S/C22H23NO3/c1-22(2,3)26-21(25)23-19(16-10-5-4-6-11-16)18-14-13-15-9-7-8-12-17(15)20(18)24/h4-14,19,24H,1-3H3,(H,23,25). The Bertz CT molecular complexity index is 914. The van der Waals surface area contributed by atoms with Crippen molar-refractivity contribution >= 4 is 16.9 Å². The predicted molar refractivity (Wildman–Crippen MR) is 103 cm³/mol. The number of nitrogens with one attached hydrogen (secondary N) is 1. The van der Waals surface area contributed by atoms with E-state index < -0.39 is 17.7 Å². The molecule has 0 heterocycles. The molecule has 3 aromatic carbocycles. The number of phenols is 1. The van der Waals surface area contributed by atoms with Gasteiger partial charge in [0.05, 0.1) is 6.04 Å². The zero-order valence-corrected chi connectivity index (χ0v) is 15.2. The smallest absolute Gasteiger partial charge is 0.408 e. The lowest BCUT2D eigenvalue weighted by atomic mass is 9.95.